The van der Waals surface area contributed by atoms with Crippen molar-refractivity contribution < 1.29 is 4.79 Å². The van der Waals surface area contributed by atoms with Gasteiger partial charge in [0.15, 0.2) is 0 Å². The lowest BCUT2D eigenvalue weighted by Crippen LogP contribution is -2.12. The molecule has 1 aromatic heterocycles. The first-order valence-corrected chi connectivity index (χ1v) is 6.49. The van der Waals surface area contributed by atoms with Crippen molar-refractivity contribution >= 4 is 51.5 Å². The van der Waals surface area contributed by atoms with Gasteiger partial charge in [-0.1, -0.05) is 11.6 Å². The summed E-state index contributed by atoms with van der Waals surface area (Å²) in [6, 6.07) is 8.47. The molecule has 4 nitrogen and oxygen atoms in total. The minimum atomic E-state index is -0.232. The Morgan fingerprint density at radius 2 is 2.11 bits per heavy atom. The summed E-state index contributed by atoms with van der Waals surface area (Å²) < 4.78 is 0.909. The maximum absolute atomic E-state index is 12.0. The van der Waals surface area contributed by atoms with Gasteiger partial charge in [0, 0.05) is 14.8 Å². The first-order valence-electron chi connectivity index (χ1n) is 5.03. The van der Waals surface area contributed by atoms with E-state index in [1.165, 1.54) is 6.20 Å². The number of anilines is 2. The van der Waals surface area contributed by atoms with E-state index in [4.69, 9.17) is 17.3 Å². The Kier molecular flexibility index (Phi) is 4.03. The third kappa shape index (κ3) is 3.33. The number of hydrogen-bond acceptors (Lipinski definition) is 3. The molecule has 1 heterocycles. The van der Waals surface area contributed by atoms with Crippen LogP contribution in [0.3, 0.4) is 0 Å². The van der Waals surface area contributed by atoms with Crippen molar-refractivity contribution in [1.82, 2.24) is 4.98 Å². The highest BCUT2D eigenvalue weighted by molar-refractivity contribution is 14.1. The third-order valence-corrected chi connectivity index (χ3v) is 3.01. The number of nitrogens with zero attached hydrogens (tertiary/aromatic N) is 1. The molecule has 2 rings (SSSR count). The average molecular weight is 374 g/mol. The molecule has 18 heavy (non-hydrogen) atoms. The highest BCUT2D eigenvalue weighted by atomic mass is 127. The molecule has 0 aliphatic carbocycles. The molecule has 0 saturated heterocycles. The van der Waals surface area contributed by atoms with Crippen LogP contribution in [0.5, 0.6) is 0 Å². The molecule has 1 amide bonds. The second-order valence-corrected chi connectivity index (χ2v) is 5.23. The van der Waals surface area contributed by atoms with E-state index in [-0.39, 0.29) is 5.91 Å². The van der Waals surface area contributed by atoms with Crippen LogP contribution in [0.4, 0.5) is 11.4 Å². The highest BCUT2D eigenvalue weighted by Crippen LogP contribution is 2.16. The van der Waals surface area contributed by atoms with Crippen LogP contribution in [0, 0.1) is 3.57 Å². The number of aromatic nitrogens is 1. The molecular weight excluding hydrogens is 365 g/mol. The number of nitrogen functional groups attached to an aromatic ring is 1. The number of carbonyl (C=O) groups excluding carboxylic acids is 1. The van der Waals surface area contributed by atoms with Gasteiger partial charge in [0.1, 0.15) is 5.15 Å². The van der Waals surface area contributed by atoms with Gasteiger partial charge < -0.3 is 11.1 Å². The molecule has 0 atom stereocenters. The van der Waals surface area contributed by atoms with Crippen LogP contribution < -0.4 is 11.1 Å². The standard InChI is InChI=1S/C12H9ClIN3O/c13-11-2-1-10(6-16-11)17-12(18)7-3-8(14)5-9(15)4-7/h1-6H,15H2,(H,17,18). The molecule has 0 saturated carbocycles. The Bertz CT molecular complexity index is 566. The van der Waals surface area contributed by atoms with Gasteiger partial charge >= 0.3 is 0 Å². The number of benzene rings is 1. The minimum absolute atomic E-state index is 0.232. The van der Waals surface area contributed by atoms with E-state index in [0.29, 0.717) is 22.1 Å². The van der Waals surface area contributed by atoms with Crippen molar-refractivity contribution in [2.75, 3.05) is 11.1 Å². The van der Waals surface area contributed by atoms with Crippen LogP contribution in [0.2, 0.25) is 5.15 Å². The summed E-state index contributed by atoms with van der Waals surface area (Å²) in [6.07, 6.45) is 1.50. The topological polar surface area (TPSA) is 68.0 Å². The van der Waals surface area contributed by atoms with Crippen molar-refractivity contribution in [3.8, 4) is 0 Å². The lowest BCUT2D eigenvalue weighted by atomic mass is 10.2. The molecular formula is C12H9ClIN3O. The molecule has 3 N–H and O–H groups in total. The number of nitrogens with one attached hydrogen (secondary N) is 1. The number of nitrogens with two attached hydrogens (primary N) is 1. The fourth-order valence-corrected chi connectivity index (χ4v) is 2.20. The van der Waals surface area contributed by atoms with Crippen molar-refractivity contribution in [3.63, 3.8) is 0 Å². The molecule has 0 aliphatic rings. The molecule has 6 heteroatoms. The lowest BCUT2D eigenvalue weighted by molar-refractivity contribution is 0.102. The Morgan fingerprint density at radius 3 is 2.72 bits per heavy atom. The maximum atomic E-state index is 12.0. The predicted molar refractivity (Wildman–Crippen MR) is 80.8 cm³/mol. The van der Waals surface area contributed by atoms with Crippen LogP contribution in [-0.2, 0) is 0 Å². The van der Waals surface area contributed by atoms with Gasteiger partial charge in [0.25, 0.3) is 5.91 Å². The van der Waals surface area contributed by atoms with Crippen molar-refractivity contribution in [1.29, 1.82) is 0 Å². The summed E-state index contributed by atoms with van der Waals surface area (Å²) in [5, 5.41) is 3.10. The van der Waals surface area contributed by atoms with Gasteiger partial charge in [-0.25, -0.2) is 4.98 Å². The Labute approximate surface area is 123 Å². The number of amides is 1. The minimum Gasteiger partial charge on any atom is -0.399 e. The fraction of sp³-hybridized carbons (Fsp3) is 0. The van der Waals surface area contributed by atoms with Crippen LogP contribution in [-0.4, -0.2) is 10.9 Å². The van der Waals surface area contributed by atoms with E-state index >= 15 is 0 Å². The zero-order valence-corrected chi connectivity index (χ0v) is 12.1. The third-order valence-electron chi connectivity index (χ3n) is 2.17. The van der Waals surface area contributed by atoms with Crippen LogP contribution in [0.25, 0.3) is 0 Å². The average Bonchev–Trinajstić information content (AvgIpc) is 2.31. The van der Waals surface area contributed by atoms with E-state index in [1.807, 2.05) is 0 Å². The SMILES string of the molecule is Nc1cc(I)cc(C(=O)Nc2ccc(Cl)nc2)c1. The Hall–Kier alpha value is -1.34. The van der Waals surface area contributed by atoms with Gasteiger partial charge in [0.2, 0.25) is 0 Å². The molecule has 0 fully saturated rings. The molecule has 2 aromatic rings. The highest BCUT2D eigenvalue weighted by Gasteiger charge is 2.08. The summed E-state index contributed by atoms with van der Waals surface area (Å²) in [7, 11) is 0. The van der Waals surface area contributed by atoms with Crippen molar-refractivity contribution in [2.24, 2.45) is 0 Å². The number of carbonyl (C=O) groups is 1. The van der Waals surface area contributed by atoms with Gasteiger partial charge in [0.05, 0.1) is 11.9 Å². The monoisotopic (exact) mass is 373 g/mol. The number of pyridine rings is 1. The number of halogens is 2. The largest absolute Gasteiger partial charge is 0.399 e. The van der Waals surface area contributed by atoms with Gasteiger partial charge in [-0.3, -0.25) is 4.79 Å². The van der Waals surface area contributed by atoms with Crippen LogP contribution in [0.1, 0.15) is 10.4 Å². The molecule has 0 bridgehead atoms. The molecule has 0 spiro atoms. The first kappa shape index (κ1) is 13.1. The Morgan fingerprint density at radius 1 is 1.33 bits per heavy atom. The molecule has 1 aromatic carbocycles. The normalized spacial score (nSPS) is 10.1. The molecule has 0 aliphatic heterocycles. The van der Waals surface area contributed by atoms with Crippen molar-refractivity contribution in [2.45, 2.75) is 0 Å². The quantitative estimate of drug-likeness (QED) is 0.483. The summed E-state index contributed by atoms with van der Waals surface area (Å²) in [5.74, 6) is -0.232. The summed E-state index contributed by atoms with van der Waals surface area (Å²) in [5.41, 5.74) is 7.35. The molecule has 92 valence electrons. The lowest BCUT2D eigenvalue weighted by Gasteiger charge is -2.06. The molecule has 0 unspecified atom stereocenters. The van der Waals surface area contributed by atoms with Gasteiger partial charge in [-0.05, 0) is 52.9 Å². The van der Waals surface area contributed by atoms with E-state index in [0.717, 1.165) is 3.57 Å². The van der Waals surface area contributed by atoms with Gasteiger partial charge in [-0.15, -0.1) is 0 Å². The molecule has 0 radical (unpaired) electrons. The number of hydrogen-bond donors (Lipinski definition) is 2. The summed E-state index contributed by atoms with van der Waals surface area (Å²) in [4.78, 5) is 15.9. The maximum Gasteiger partial charge on any atom is 0.255 e. The van der Waals surface area contributed by atoms with Crippen LogP contribution >= 0.6 is 34.2 Å². The fourth-order valence-electron chi connectivity index (χ4n) is 1.40. The van der Waals surface area contributed by atoms with Crippen molar-refractivity contribution in [3.05, 3.63) is 50.8 Å². The second kappa shape index (κ2) is 5.53. The van der Waals surface area contributed by atoms with E-state index in [1.54, 1.807) is 30.3 Å². The van der Waals surface area contributed by atoms with Crippen LogP contribution in [0.15, 0.2) is 36.5 Å². The zero-order valence-electron chi connectivity index (χ0n) is 9.15. The summed E-state index contributed by atoms with van der Waals surface area (Å²) >= 11 is 7.78. The first-order chi connectivity index (χ1) is 8.54. The van der Waals surface area contributed by atoms with E-state index in [2.05, 4.69) is 32.9 Å². The predicted octanol–water partition coefficient (Wildman–Crippen LogP) is 3.17. The second-order valence-electron chi connectivity index (χ2n) is 3.60. The van der Waals surface area contributed by atoms with E-state index in [9.17, 15) is 4.79 Å². The Balaban J connectivity index is 2.19. The zero-order chi connectivity index (χ0) is 13.1. The van der Waals surface area contributed by atoms with E-state index < -0.39 is 0 Å². The number of rotatable bonds is 2. The summed E-state index contributed by atoms with van der Waals surface area (Å²) in [6.45, 7) is 0. The van der Waals surface area contributed by atoms with Gasteiger partial charge in [-0.2, -0.15) is 0 Å². The smallest absolute Gasteiger partial charge is 0.255 e.